The Labute approximate surface area is 206 Å². The molecule has 0 spiro atoms. The van der Waals surface area contributed by atoms with E-state index < -0.39 is 22.9 Å². The monoisotopic (exact) mass is 472 g/mol. The number of aliphatic carboxylic acids is 1. The second kappa shape index (κ2) is 7.57. The molecular formula is C30H48O4. The molecule has 0 saturated heterocycles. The lowest BCUT2D eigenvalue weighted by Crippen LogP contribution is -2.66. The molecule has 4 nitrogen and oxygen atoms in total. The van der Waals surface area contributed by atoms with E-state index in [0.717, 1.165) is 57.8 Å². The van der Waals surface area contributed by atoms with Gasteiger partial charge in [0.05, 0.1) is 18.1 Å². The highest BCUT2D eigenvalue weighted by atomic mass is 16.4. The molecule has 0 aromatic rings. The van der Waals surface area contributed by atoms with Gasteiger partial charge in [0.1, 0.15) is 0 Å². The summed E-state index contributed by atoms with van der Waals surface area (Å²) in [6.07, 6.45) is 10.6. The molecule has 5 rings (SSSR count). The standard InChI is InChI=1S/C30H48O4/c1-18-9-14-30(25(33)34)16-15-28(5)20(24(30)19(18)2)7-8-22-26(3)12-11-23(32)27(4,17-31)21(26)10-13-29(22,28)6/h7,18-19,21-24,31-32H,8-17H2,1-6H3,(H,33,34)/t18-,19+,21?,22?,23+,24?,26+,27+,28-,29-,30+/m1/s1. The van der Waals surface area contributed by atoms with Crippen molar-refractivity contribution < 1.29 is 20.1 Å². The van der Waals surface area contributed by atoms with E-state index in [2.05, 4.69) is 47.6 Å². The van der Waals surface area contributed by atoms with Crippen LogP contribution in [0.3, 0.4) is 0 Å². The summed E-state index contributed by atoms with van der Waals surface area (Å²) >= 11 is 0. The summed E-state index contributed by atoms with van der Waals surface area (Å²) < 4.78 is 0. The van der Waals surface area contributed by atoms with Gasteiger partial charge in [0.15, 0.2) is 0 Å². The van der Waals surface area contributed by atoms with Gasteiger partial charge in [-0.1, -0.05) is 53.2 Å². The largest absolute Gasteiger partial charge is 0.481 e. The minimum Gasteiger partial charge on any atom is -0.481 e. The first-order valence-electron chi connectivity index (χ1n) is 14.0. The maximum Gasteiger partial charge on any atom is 0.310 e. The van der Waals surface area contributed by atoms with Crippen LogP contribution in [-0.2, 0) is 4.79 Å². The minimum absolute atomic E-state index is 0.0184. The molecule has 11 atom stereocenters. The van der Waals surface area contributed by atoms with E-state index in [4.69, 9.17) is 0 Å². The number of fused-ring (bicyclic) bond motifs is 7. The van der Waals surface area contributed by atoms with Gasteiger partial charge in [0, 0.05) is 5.41 Å². The third kappa shape index (κ3) is 2.76. The summed E-state index contributed by atoms with van der Waals surface area (Å²) in [6.45, 7) is 14.3. The molecule has 4 saturated carbocycles. The Bertz CT molecular complexity index is 896. The predicted molar refractivity (Wildman–Crippen MR) is 134 cm³/mol. The van der Waals surface area contributed by atoms with Crippen LogP contribution in [0.25, 0.3) is 0 Å². The number of carboxylic acid groups (broad SMARTS) is 1. The molecule has 0 heterocycles. The number of carbonyl (C=O) groups is 1. The normalized spacial score (nSPS) is 56.9. The summed E-state index contributed by atoms with van der Waals surface area (Å²) in [5.41, 5.74) is 0.670. The fourth-order valence-corrected chi connectivity index (χ4v) is 10.9. The Balaban J connectivity index is 1.61. The van der Waals surface area contributed by atoms with E-state index >= 15 is 0 Å². The van der Waals surface area contributed by atoms with Gasteiger partial charge in [-0.15, -0.1) is 0 Å². The van der Waals surface area contributed by atoms with E-state index in [0.29, 0.717) is 23.7 Å². The molecule has 192 valence electrons. The third-order valence-corrected chi connectivity index (χ3v) is 13.5. The molecule has 0 radical (unpaired) electrons. The SMILES string of the molecule is C[C@@H]1CC[C@]2(C(=O)O)CC[C@]3(C)C(=CCC4[C@@]5(C)CC[C@H](O)[C@@](C)(CO)C5CC[C@]43C)C2[C@H]1C. The Morgan fingerprint density at radius 3 is 2.32 bits per heavy atom. The van der Waals surface area contributed by atoms with Gasteiger partial charge in [-0.25, -0.2) is 0 Å². The van der Waals surface area contributed by atoms with Gasteiger partial charge in [0.25, 0.3) is 0 Å². The predicted octanol–water partition coefficient (Wildman–Crippen LogP) is 6.06. The number of aliphatic hydroxyl groups excluding tert-OH is 2. The van der Waals surface area contributed by atoms with Crippen molar-refractivity contribution >= 4 is 5.97 Å². The minimum atomic E-state index is -0.591. The molecule has 0 bridgehead atoms. The molecule has 3 N–H and O–H groups in total. The van der Waals surface area contributed by atoms with Crippen LogP contribution in [-0.4, -0.2) is 34.0 Å². The van der Waals surface area contributed by atoms with Crippen LogP contribution in [0.4, 0.5) is 0 Å². The van der Waals surface area contributed by atoms with Crippen molar-refractivity contribution in [2.75, 3.05) is 6.61 Å². The summed E-state index contributed by atoms with van der Waals surface area (Å²) in [4.78, 5) is 12.8. The third-order valence-electron chi connectivity index (χ3n) is 13.5. The highest BCUT2D eigenvalue weighted by Gasteiger charge is 2.69. The maximum absolute atomic E-state index is 12.8. The molecule has 0 aromatic heterocycles. The zero-order valence-corrected chi connectivity index (χ0v) is 22.4. The second-order valence-corrected chi connectivity index (χ2v) is 14.3. The van der Waals surface area contributed by atoms with Crippen LogP contribution < -0.4 is 0 Å². The van der Waals surface area contributed by atoms with Crippen molar-refractivity contribution in [1.29, 1.82) is 0 Å². The lowest BCUT2D eigenvalue weighted by Gasteiger charge is -2.71. The lowest BCUT2D eigenvalue weighted by molar-refractivity contribution is -0.217. The first-order valence-corrected chi connectivity index (χ1v) is 14.0. The molecule has 5 aliphatic rings. The molecular weight excluding hydrogens is 424 g/mol. The molecule has 3 unspecified atom stereocenters. The summed E-state index contributed by atoms with van der Waals surface area (Å²) in [5, 5.41) is 31.9. The van der Waals surface area contributed by atoms with E-state index in [1.54, 1.807) is 0 Å². The van der Waals surface area contributed by atoms with Gasteiger partial charge in [-0.05, 0) is 104 Å². The van der Waals surface area contributed by atoms with Crippen molar-refractivity contribution in [1.82, 2.24) is 0 Å². The molecule has 0 aromatic carbocycles. The highest BCUT2D eigenvalue weighted by molar-refractivity contribution is 5.76. The van der Waals surface area contributed by atoms with Crippen LogP contribution in [0.15, 0.2) is 11.6 Å². The first kappa shape index (κ1) is 24.8. The van der Waals surface area contributed by atoms with Crippen molar-refractivity contribution in [2.24, 2.45) is 56.7 Å². The number of allylic oxidation sites excluding steroid dienone is 2. The van der Waals surface area contributed by atoms with Gasteiger partial charge in [-0.2, -0.15) is 0 Å². The van der Waals surface area contributed by atoms with Gasteiger partial charge in [0.2, 0.25) is 0 Å². The van der Waals surface area contributed by atoms with Crippen molar-refractivity contribution in [3.63, 3.8) is 0 Å². The van der Waals surface area contributed by atoms with E-state index in [-0.39, 0.29) is 28.8 Å². The van der Waals surface area contributed by atoms with Crippen LogP contribution in [0.1, 0.15) is 99.3 Å². The van der Waals surface area contributed by atoms with Crippen molar-refractivity contribution in [2.45, 2.75) is 105 Å². The van der Waals surface area contributed by atoms with Gasteiger partial charge in [-0.3, -0.25) is 4.79 Å². The Morgan fingerprint density at radius 1 is 0.971 bits per heavy atom. The highest BCUT2D eigenvalue weighted by Crippen LogP contribution is 2.75. The van der Waals surface area contributed by atoms with Gasteiger partial charge < -0.3 is 15.3 Å². The molecule has 5 aliphatic carbocycles. The summed E-state index contributed by atoms with van der Waals surface area (Å²) in [6, 6.07) is 0. The average Bonchev–Trinajstić information content (AvgIpc) is 2.79. The molecule has 0 aliphatic heterocycles. The number of rotatable bonds is 2. The fourth-order valence-electron chi connectivity index (χ4n) is 10.9. The summed E-state index contributed by atoms with van der Waals surface area (Å²) in [7, 11) is 0. The van der Waals surface area contributed by atoms with E-state index in [9.17, 15) is 20.1 Å². The van der Waals surface area contributed by atoms with Crippen molar-refractivity contribution in [3.05, 3.63) is 11.6 Å². The first-order chi connectivity index (χ1) is 15.8. The quantitative estimate of drug-likeness (QED) is 0.427. The Hall–Kier alpha value is -0.870. The zero-order valence-electron chi connectivity index (χ0n) is 22.4. The molecule has 34 heavy (non-hydrogen) atoms. The number of hydrogen-bond donors (Lipinski definition) is 3. The number of carboxylic acids is 1. The van der Waals surface area contributed by atoms with E-state index in [1.165, 1.54) is 5.57 Å². The summed E-state index contributed by atoms with van der Waals surface area (Å²) in [5.74, 6) is 1.35. The van der Waals surface area contributed by atoms with Crippen LogP contribution >= 0.6 is 0 Å². The molecule has 0 amide bonds. The Kier molecular flexibility index (Phi) is 5.52. The van der Waals surface area contributed by atoms with Crippen LogP contribution in [0.2, 0.25) is 0 Å². The zero-order chi connectivity index (χ0) is 24.9. The second-order valence-electron chi connectivity index (χ2n) is 14.3. The fraction of sp³-hybridized carbons (Fsp3) is 0.900. The average molecular weight is 473 g/mol. The Morgan fingerprint density at radius 2 is 1.68 bits per heavy atom. The number of hydrogen-bond acceptors (Lipinski definition) is 3. The number of aliphatic hydroxyl groups is 2. The smallest absolute Gasteiger partial charge is 0.310 e. The maximum atomic E-state index is 12.8. The van der Waals surface area contributed by atoms with Crippen LogP contribution in [0.5, 0.6) is 0 Å². The van der Waals surface area contributed by atoms with E-state index in [1.807, 2.05) is 0 Å². The topological polar surface area (TPSA) is 77.8 Å². The lowest BCUT2D eigenvalue weighted by atomic mass is 9.33. The molecule has 4 heteroatoms. The van der Waals surface area contributed by atoms with Crippen LogP contribution in [0, 0.1) is 56.7 Å². The van der Waals surface area contributed by atoms with Gasteiger partial charge >= 0.3 is 5.97 Å². The van der Waals surface area contributed by atoms with Crippen molar-refractivity contribution in [3.8, 4) is 0 Å². The molecule has 4 fully saturated rings.